The standard InChI is InChI=1S/C15H29NO/c1-14(2,3)11-16(6)10-12-9-15(4,5)8-7-13(12)17/h12H,7-11H2,1-6H3. The summed E-state index contributed by atoms with van der Waals surface area (Å²) in [4.78, 5) is 14.3. The van der Waals surface area contributed by atoms with Gasteiger partial charge in [-0.1, -0.05) is 34.6 Å². The van der Waals surface area contributed by atoms with Crippen molar-refractivity contribution in [3.8, 4) is 0 Å². The van der Waals surface area contributed by atoms with Crippen molar-refractivity contribution in [3.63, 3.8) is 0 Å². The van der Waals surface area contributed by atoms with Crippen LogP contribution in [0.25, 0.3) is 0 Å². The van der Waals surface area contributed by atoms with Crippen molar-refractivity contribution in [2.75, 3.05) is 20.1 Å². The molecule has 1 fully saturated rings. The Balaban J connectivity index is 2.52. The van der Waals surface area contributed by atoms with E-state index in [4.69, 9.17) is 0 Å². The number of nitrogens with zero attached hydrogens (tertiary/aromatic N) is 1. The lowest BCUT2D eigenvalue weighted by atomic mass is 9.71. The highest BCUT2D eigenvalue weighted by Gasteiger charge is 2.34. The fourth-order valence-electron chi connectivity index (χ4n) is 2.97. The van der Waals surface area contributed by atoms with Gasteiger partial charge in [-0.2, -0.15) is 0 Å². The SMILES string of the molecule is CN(CC1CC(C)(C)CCC1=O)CC(C)(C)C. The van der Waals surface area contributed by atoms with Crippen LogP contribution in [0.1, 0.15) is 53.9 Å². The Morgan fingerprint density at radius 2 is 1.94 bits per heavy atom. The van der Waals surface area contributed by atoms with Gasteiger partial charge < -0.3 is 4.90 Å². The molecule has 0 saturated heterocycles. The van der Waals surface area contributed by atoms with E-state index in [1.807, 2.05) is 0 Å². The van der Waals surface area contributed by atoms with E-state index in [9.17, 15) is 4.79 Å². The number of hydrogen-bond donors (Lipinski definition) is 0. The average Bonchev–Trinajstić information content (AvgIpc) is 2.07. The van der Waals surface area contributed by atoms with Crippen LogP contribution in [0.3, 0.4) is 0 Å². The monoisotopic (exact) mass is 239 g/mol. The van der Waals surface area contributed by atoms with Crippen molar-refractivity contribution in [3.05, 3.63) is 0 Å². The number of carbonyl (C=O) groups excluding carboxylic acids is 1. The first-order valence-corrected chi connectivity index (χ1v) is 6.80. The van der Waals surface area contributed by atoms with Gasteiger partial charge in [-0.15, -0.1) is 0 Å². The van der Waals surface area contributed by atoms with Crippen LogP contribution < -0.4 is 0 Å². The molecule has 1 rings (SSSR count). The van der Waals surface area contributed by atoms with Gasteiger partial charge >= 0.3 is 0 Å². The average molecular weight is 239 g/mol. The van der Waals surface area contributed by atoms with Gasteiger partial charge in [-0.25, -0.2) is 0 Å². The summed E-state index contributed by atoms with van der Waals surface area (Å²) in [6.45, 7) is 13.3. The van der Waals surface area contributed by atoms with Gasteiger partial charge in [0.1, 0.15) is 5.78 Å². The second-order valence-electron chi connectivity index (χ2n) is 7.79. The van der Waals surface area contributed by atoms with E-state index in [-0.39, 0.29) is 5.92 Å². The molecule has 2 heteroatoms. The van der Waals surface area contributed by atoms with Crippen molar-refractivity contribution < 1.29 is 4.79 Å². The summed E-state index contributed by atoms with van der Waals surface area (Å²) < 4.78 is 0. The molecule has 0 bridgehead atoms. The molecule has 1 saturated carbocycles. The predicted octanol–water partition coefficient (Wildman–Crippen LogP) is 3.36. The van der Waals surface area contributed by atoms with Crippen LogP contribution in [0.2, 0.25) is 0 Å². The molecular weight excluding hydrogens is 210 g/mol. The first-order valence-electron chi connectivity index (χ1n) is 6.80. The van der Waals surface area contributed by atoms with Crippen LogP contribution in [-0.2, 0) is 4.79 Å². The van der Waals surface area contributed by atoms with Crippen molar-refractivity contribution in [2.24, 2.45) is 16.7 Å². The molecule has 1 aliphatic rings. The molecule has 100 valence electrons. The molecule has 0 aliphatic heterocycles. The van der Waals surface area contributed by atoms with Gasteiger partial charge in [0.25, 0.3) is 0 Å². The second-order valence-corrected chi connectivity index (χ2v) is 7.79. The Kier molecular flexibility index (Phi) is 4.40. The molecule has 0 aromatic heterocycles. The van der Waals surface area contributed by atoms with Crippen LogP contribution in [0.5, 0.6) is 0 Å². The van der Waals surface area contributed by atoms with Crippen LogP contribution in [0.4, 0.5) is 0 Å². The Labute approximate surface area is 107 Å². The van der Waals surface area contributed by atoms with E-state index >= 15 is 0 Å². The third-order valence-electron chi connectivity index (χ3n) is 3.58. The molecule has 0 aromatic carbocycles. The molecule has 0 amide bonds. The first-order chi connectivity index (χ1) is 7.59. The maximum Gasteiger partial charge on any atom is 0.137 e. The summed E-state index contributed by atoms with van der Waals surface area (Å²) in [5.41, 5.74) is 0.656. The quantitative estimate of drug-likeness (QED) is 0.752. The number of rotatable bonds is 3. The minimum absolute atomic E-state index is 0.256. The normalized spacial score (nSPS) is 25.4. The van der Waals surface area contributed by atoms with Crippen LogP contribution >= 0.6 is 0 Å². The lowest BCUT2D eigenvalue weighted by Crippen LogP contribution is -2.40. The predicted molar refractivity (Wildman–Crippen MR) is 73.1 cm³/mol. The van der Waals surface area contributed by atoms with E-state index < -0.39 is 0 Å². The first kappa shape index (κ1) is 14.7. The zero-order valence-electron chi connectivity index (χ0n) is 12.5. The van der Waals surface area contributed by atoms with Gasteiger partial charge in [0.2, 0.25) is 0 Å². The third kappa shape index (κ3) is 5.20. The maximum absolute atomic E-state index is 12.0. The van der Waals surface area contributed by atoms with Gasteiger partial charge in [0.05, 0.1) is 0 Å². The van der Waals surface area contributed by atoms with Crippen molar-refractivity contribution >= 4 is 5.78 Å². The molecule has 0 heterocycles. The minimum atomic E-state index is 0.256. The Morgan fingerprint density at radius 3 is 2.47 bits per heavy atom. The Morgan fingerprint density at radius 1 is 1.35 bits per heavy atom. The molecule has 1 atom stereocenters. The molecule has 1 aliphatic carbocycles. The van der Waals surface area contributed by atoms with Gasteiger partial charge in [0.15, 0.2) is 0 Å². The molecule has 0 spiro atoms. The molecular formula is C15H29NO. The number of ketones is 1. The smallest absolute Gasteiger partial charge is 0.137 e. The van der Waals surface area contributed by atoms with Gasteiger partial charge in [0, 0.05) is 25.4 Å². The van der Waals surface area contributed by atoms with Gasteiger partial charge in [-0.05, 0) is 30.7 Å². The van der Waals surface area contributed by atoms with E-state index in [0.29, 0.717) is 16.6 Å². The highest BCUT2D eigenvalue weighted by molar-refractivity contribution is 5.82. The highest BCUT2D eigenvalue weighted by atomic mass is 16.1. The van der Waals surface area contributed by atoms with E-state index in [2.05, 4.69) is 46.6 Å². The molecule has 17 heavy (non-hydrogen) atoms. The van der Waals surface area contributed by atoms with Crippen LogP contribution in [-0.4, -0.2) is 30.8 Å². The fourth-order valence-corrected chi connectivity index (χ4v) is 2.97. The molecule has 0 N–H and O–H groups in total. The van der Waals surface area contributed by atoms with E-state index in [1.165, 1.54) is 0 Å². The minimum Gasteiger partial charge on any atom is -0.305 e. The van der Waals surface area contributed by atoms with Gasteiger partial charge in [-0.3, -0.25) is 4.79 Å². The number of carbonyl (C=O) groups is 1. The second kappa shape index (κ2) is 5.09. The number of hydrogen-bond acceptors (Lipinski definition) is 2. The van der Waals surface area contributed by atoms with Crippen LogP contribution in [0.15, 0.2) is 0 Å². The topological polar surface area (TPSA) is 20.3 Å². The Hall–Kier alpha value is -0.370. The molecule has 0 radical (unpaired) electrons. The summed E-state index contributed by atoms with van der Waals surface area (Å²) in [6.07, 6.45) is 2.90. The fraction of sp³-hybridized carbons (Fsp3) is 0.933. The number of Topliss-reactive ketones (excluding diaryl/α,β-unsaturated/α-hetero) is 1. The van der Waals surface area contributed by atoms with Crippen LogP contribution in [0, 0.1) is 16.7 Å². The summed E-state index contributed by atoms with van der Waals surface area (Å²) in [5.74, 6) is 0.733. The summed E-state index contributed by atoms with van der Waals surface area (Å²) in [7, 11) is 2.14. The highest BCUT2D eigenvalue weighted by Crippen LogP contribution is 2.37. The summed E-state index contributed by atoms with van der Waals surface area (Å²) >= 11 is 0. The summed E-state index contributed by atoms with van der Waals surface area (Å²) in [5, 5.41) is 0. The lowest BCUT2D eigenvalue weighted by molar-refractivity contribution is -0.127. The largest absolute Gasteiger partial charge is 0.305 e. The maximum atomic E-state index is 12.0. The van der Waals surface area contributed by atoms with E-state index in [1.54, 1.807) is 0 Å². The van der Waals surface area contributed by atoms with Crippen molar-refractivity contribution in [2.45, 2.75) is 53.9 Å². The van der Waals surface area contributed by atoms with Crippen molar-refractivity contribution in [1.29, 1.82) is 0 Å². The zero-order valence-corrected chi connectivity index (χ0v) is 12.5. The Bertz CT molecular complexity index is 275. The van der Waals surface area contributed by atoms with E-state index in [0.717, 1.165) is 32.4 Å². The molecule has 2 nitrogen and oxygen atoms in total. The third-order valence-corrected chi connectivity index (χ3v) is 3.58. The summed E-state index contributed by atoms with van der Waals surface area (Å²) in [6, 6.07) is 0. The van der Waals surface area contributed by atoms with Crippen molar-refractivity contribution in [1.82, 2.24) is 4.90 Å². The molecule has 0 aromatic rings. The lowest BCUT2D eigenvalue weighted by Gasteiger charge is -2.37. The zero-order chi connectivity index (χ0) is 13.3. The molecule has 1 unspecified atom stereocenters.